The largest absolute Gasteiger partial charge is 0.496 e. The Morgan fingerprint density at radius 2 is 1.41 bits per heavy atom. The molecule has 34 heavy (non-hydrogen) atoms. The number of hydrogen-bond acceptors (Lipinski definition) is 4. The number of rotatable bonds is 7. The van der Waals surface area contributed by atoms with E-state index in [1.54, 1.807) is 14.2 Å². The van der Waals surface area contributed by atoms with Gasteiger partial charge in [0.2, 0.25) is 0 Å². The molecule has 2 aromatic carbocycles. The maximum atomic E-state index is 12.1. The molecule has 2 aromatic rings. The summed E-state index contributed by atoms with van der Waals surface area (Å²) >= 11 is 0. The molecule has 8 heteroatoms. The van der Waals surface area contributed by atoms with Crippen LogP contribution in [-0.4, -0.2) is 53.2 Å². The molecule has 1 aliphatic carbocycles. The number of aryl methyl sites for hydroxylation is 4. The van der Waals surface area contributed by atoms with E-state index in [9.17, 15) is 4.79 Å². The summed E-state index contributed by atoms with van der Waals surface area (Å²) in [6.45, 7) is 8.25. The first kappa shape index (κ1) is 25.6. The molecular formula is C26H32B2O4P2. The Hall–Kier alpha value is -1.50. The van der Waals surface area contributed by atoms with E-state index in [2.05, 4.69) is 52.0 Å². The van der Waals surface area contributed by atoms with Gasteiger partial charge in [-0.05, 0) is 109 Å². The number of esters is 1. The standard InChI is InChI=1S/C26H32B2O4P2/c1-14-7-18(8-15(2)25(14)30-5)33(27)13-21-20-11-24(29)32-22(20)12-23(21)34(28)19-9-16(3)26(31-6)17(4)10-19/h7-10,20-23H,11-13H2,1-6H3/t20-,21-,22+,23+,33?,34?/m1/s1. The number of carbonyl (C=O) groups excluding carboxylic acids is 1. The fraction of sp³-hybridized carbons (Fsp3) is 0.500. The predicted octanol–water partition coefficient (Wildman–Crippen LogP) is 4.34. The van der Waals surface area contributed by atoms with Crippen LogP contribution in [0, 0.1) is 39.5 Å². The summed E-state index contributed by atoms with van der Waals surface area (Å²) in [4.78, 5) is 12.1. The number of fused-ring (bicyclic) bond motifs is 1. The van der Waals surface area contributed by atoms with Gasteiger partial charge in [0.1, 0.15) is 32.7 Å². The highest BCUT2D eigenvalue weighted by atomic mass is 31.1. The van der Waals surface area contributed by atoms with Crippen LogP contribution in [0.15, 0.2) is 24.3 Å². The molecule has 0 amide bonds. The first-order valence-electron chi connectivity index (χ1n) is 11.7. The van der Waals surface area contributed by atoms with Gasteiger partial charge in [0.05, 0.1) is 20.6 Å². The molecule has 2 aliphatic rings. The molecule has 1 heterocycles. The SMILES string of the molecule is [B]P(C[C@@H]1[C@H]2CC(=O)O[C@H]2C[C@@H]1P([B])c1cc(C)c(OC)c(C)c1)c1cc(C)c(OC)c(C)c1. The lowest BCUT2D eigenvalue weighted by Crippen LogP contribution is -2.27. The van der Waals surface area contributed by atoms with Gasteiger partial charge in [0.15, 0.2) is 0 Å². The molecule has 0 N–H and O–H groups in total. The van der Waals surface area contributed by atoms with E-state index in [-0.39, 0.29) is 29.6 Å². The average Bonchev–Trinajstić information content (AvgIpc) is 3.29. The molecule has 176 valence electrons. The van der Waals surface area contributed by atoms with Crippen LogP contribution in [0.25, 0.3) is 0 Å². The molecule has 1 saturated carbocycles. The van der Waals surface area contributed by atoms with Crippen molar-refractivity contribution in [2.75, 3.05) is 20.4 Å². The van der Waals surface area contributed by atoms with Crippen LogP contribution in [-0.2, 0) is 9.53 Å². The topological polar surface area (TPSA) is 44.8 Å². The maximum Gasteiger partial charge on any atom is 0.306 e. The zero-order chi connectivity index (χ0) is 24.7. The van der Waals surface area contributed by atoms with E-state index in [0.29, 0.717) is 6.42 Å². The third kappa shape index (κ3) is 4.78. The van der Waals surface area contributed by atoms with E-state index in [0.717, 1.165) is 51.6 Å². The van der Waals surface area contributed by atoms with E-state index in [1.165, 1.54) is 5.30 Å². The molecule has 4 nitrogen and oxygen atoms in total. The zero-order valence-corrected chi connectivity index (χ0v) is 22.7. The highest BCUT2D eigenvalue weighted by molar-refractivity contribution is 7.89. The van der Waals surface area contributed by atoms with Crippen LogP contribution in [0.5, 0.6) is 11.5 Å². The van der Waals surface area contributed by atoms with E-state index in [4.69, 9.17) is 29.3 Å². The number of ether oxygens (including phenoxy) is 3. The van der Waals surface area contributed by atoms with Crippen LogP contribution in [0.4, 0.5) is 0 Å². The summed E-state index contributed by atoms with van der Waals surface area (Å²) in [6.07, 6.45) is 2.09. The van der Waals surface area contributed by atoms with Gasteiger partial charge in [-0.2, -0.15) is 0 Å². The molecule has 0 bridgehead atoms. The van der Waals surface area contributed by atoms with Gasteiger partial charge >= 0.3 is 5.97 Å². The van der Waals surface area contributed by atoms with Crippen molar-refractivity contribution in [2.24, 2.45) is 11.8 Å². The van der Waals surface area contributed by atoms with Crippen LogP contribution in [0.2, 0.25) is 0 Å². The fourth-order valence-corrected chi connectivity index (χ4v) is 10.2. The van der Waals surface area contributed by atoms with Crippen molar-refractivity contribution >= 4 is 47.3 Å². The van der Waals surface area contributed by atoms with E-state index >= 15 is 0 Å². The molecule has 6 atom stereocenters. The van der Waals surface area contributed by atoms with Crippen LogP contribution >= 0.6 is 15.6 Å². The first-order valence-corrected chi connectivity index (χ1v) is 14.8. The van der Waals surface area contributed by atoms with Crippen molar-refractivity contribution in [3.63, 3.8) is 0 Å². The van der Waals surface area contributed by atoms with Gasteiger partial charge in [-0.1, -0.05) is 0 Å². The highest BCUT2D eigenvalue weighted by Gasteiger charge is 2.51. The second kappa shape index (κ2) is 10.2. The summed E-state index contributed by atoms with van der Waals surface area (Å²) in [7, 11) is 15.4. The first-order chi connectivity index (χ1) is 16.1. The van der Waals surface area contributed by atoms with Crippen molar-refractivity contribution in [1.82, 2.24) is 0 Å². The zero-order valence-electron chi connectivity index (χ0n) is 20.9. The van der Waals surface area contributed by atoms with Gasteiger partial charge in [-0.25, -0.2) is 0 Å². The molecule has 4 radical (unpaired) electrons. The van der Waals surface area contributed by atoms with Gasteiger partial charge in [-0.15, -0.1) is 15.6 Å². The van der Waals surface area contributed by atoms with Gasteiger partial charge < -0.3 is 14.2 Å². The third-order valence-corrected chi connectivity index (χ3v) is 11.3. The Kier molecular flexibility index (Phi) is 7.70. The molecule has 0 aromatic heterocycles. The van der Waals surface area contributed by atoms with Gasteiger partial charge in [-0.3, -0.25) is 4.79 Å². The summed E-state index contributed by atoms with van der Waals surface area (Å²) in [6, 6.07) is 8.62. The maximum absolute atomic E-state index is 12.1. The highest BCUT2D eigenvalue weighted by Crippen LogP contribution is 2.56. The Bertz CT molecular complexity index is 1050. The van der Waals surface area contributed by atoms with Crippen molar-refractivity contribution in [3.05, 3.63) is 46.5 Å². The van der Waals surface area contributed by atoms with Crippen molar-refractivity contribution in [2.45, 2.75) is 52.3 Å². The number of methoxy groups -OCH3 is 2. The number of hydrogen-bond donors (Lipinski definition) is 0. The van der Waals surface area contributed by atoms with Crippen LogP contribution in [0.3, 0.4) is 0 Å². The Morgan fingerprint density at radius 1 is 0.912 bits per heavy atom. The van der Waals surface area contributed by atoms with Crippen molar-refractivity contribution in [1.29, 1.82) is 0 Å². The summed E-state index contributed by atoms with van der Waals surface area (Å²) in [5, 5.41) is 2.33. The van der Waals surface area contributed by atoms with Gasteiger partial charge in [0, 0.05) is 5.92 Å². The molecule has 2 unspecified atom stereocenters. The summed E-state index contributed by atoms with van der Waals surface area (Å²) in [5.74, 6) is 2.19. The third-order valence-electron chi connectivity index (χ3n) is 7.37. The minimum Gasteiger partial charge on any atom is -0.496 e. The molecule has 1 aliphatic heterocycles. The monoisotopic (exact) mass is 492 g/mol. The second-order valence-electron chi connectivity index (χ2n) is 9.65. The average molecular weight is 492 g/mol. The summed E-state index contributed by atoms with van der Waals surface area (Å²) in [5.41, 5.74) is 4.66. The van der Waals surface area contributed by atoms with Crippen molar-refractivity contribution < 1.29 is 19.0 Å². The van der Waals surface area contributed by atoms with Crippen molar-refractivity contribution in [3.8, 4) is 11.5 Å². The Labute approximate surface area is 208 Å². The Morgan fingerprint density at radius 3 is 1.91 bits per heavy atom. The molecule has 1 saturated heterocycles. The second-order valence-corrected chi connectivity index (χ2v) is 13.5. The Balaban J connectivity index is 1.62. The number of benzene rings is 2. The predicted molar refractivity (Wildman–Crippen MR) is 144 cm³/mol. The minimum absolute atomic E-state index is 0.0424. The fourth-order valence-electron chi connectivity index (χ4n) is 5.89. The smallest absolute Gasteiger partial charge is 0.306 e. The lowest BCUT2D eigenvalue weighted by Gasteiger charge is -2.32. The van der Waals surface area contributed by atoms with E-state index < -0.39 is 15.6 Å². The molecular weight excluding hydrogens is 460 g/mol. The molecule has 2 fully saturated rings. The lowest BCUT2D eigenvalue weighted by molar-refractivity contribution is -0.141. The normalized spacial score (nSPS) is 25.5. The van der Waals surface area contributed by atoms with Gasteiger partial charge in [0.25, 0.3) is 0 Å². The molecule has 4 rings (SSSR count). The summed E-state index contributed by atoms with van der Waals surface area (Å²) < 4.78 is 16.8. The number of carbonyl (C=O) groups is 1. The quantitative estimate of drug-likeness (QED) is 0.328. The minimum atomic E-state index is -0.937. The van der Waals surface area contributed by atoms with Crippen LogP contribution < -0.4 is 20.1 Å². The lowest BCUT2D eigenvalue weighted by atomic mass is 9.95. The van der Waals surface area contributed by atoms with Crippen LogP contribution in [0.1, 0.15) is 35.1 Å². The molecule has 0 spiro atoms. The van der Waals surface area contributed by atoms with E-state index in [1.807, 2.05) is 0 Å².